The lowest BCUT2D eigenvalue weighted by Crippen LogP contribution is -2.24. The molecule has 0 saturated heterocycles. The highest BCUT2D eigenvalue weighted by atomic mass is 16.5. The molecular formula is C21H26N2O3. The van der Waals surface area contributed by atoms with Gasteiger partial charge < -0.3 is 15.4 Å². The van der Waals surface area contributed by atoms with Gasteiger partial charge in [0, 0.05) is 23.4 Å². The van der Waals surface area contributed by atoms with Crippen LogP contribution < -0.4 is 15.4 Å². The van der Waals surface area contributed by atoms with Crippen LogP contribution in [-0.4, -0.2) is 24.5 Å². The lowest BCUT2D eigenvalue weighted by atomic mass is 10.1. The lowest BCUT2D eigenvalue weighted by Gasteiger charge is -2.11. The van der Waals surface area contributed by atoms with Gasteiger partial charge in [0.25, 0.3) is 11.8 Å². The van der Waals surface area contributed by atoms with Crippen LogP contribution in [0, 0.1) is 0 Å². The molecule has 26 heavy (non-hydrogen) atoms. The molecule has 2 N–H and O–H groups in total. The van der Waals surface area contributed by atoms with Crippen molar-refractivity contribution in [3.05, 3.63) is 59.7 Å². The fourth-order valence-corrected chi connectivity index (χ4v) is 2.35. The Balaban J connectivity index is 1.94. The van der Waals surface area contributed by atoms with E-state index in [-0.39, 0.29) is 17.9 Å². The Kier molecular flexibility index (Phi) is 7.21. The number of hydrogen-bond acceptors (Lipinski definition) is 3. The van der Waals surface area contributed by atoms with Gasteiger partial charge >= 0.3 is 0 Å². The number of carbonyl (C=O) groups excluding carboxylic acids is 2. The molecule has 0 aliphatic rings. The van der Waals surface area contributed by atoms with Crippen molar-refractivity contribution in [1.82, 2.24) is 5.32 Å². The van der Waals surface area contributed by atoms with E-state index in [1.165, 1.54) is 0 Å². The third-order valence-electron chi connectivity index (χ3n) is 3.71. The van der Waals surface area contributed by atoms with E-state index in [9.17, 15) is 9.59 Å². The number of nitrogens with one attached hydrogen (secondary N) is 2. The smallest absolute Gasteiger partial charge is 0.255 e. The third kappa shape index (κ3) is 5.92. The quantitative estimate of drug-likeness (QED) is 0.696. The standard InChI is InChI=1S/C21H26N2O3/c1-4-5-14-22-20(24)16-6-8-17(9-7-16)21(25)23-18-10-12-19(13-11-18)26-15(2)3/h6-13,15H,4-5,14H2,1-3H3,(H,22,24)(H,23,25). The van der Waals surface area contributed by atoms with Gasteiger partial charge in [-0.05, 0) is 68.8 Å². The first-order valence-corrected chi connectivity index (χ1v) is 8.96. The lowest BCUT2D eigenvalue weighted by molar-refractivity contribution is 0.0951. The Labute approximate surface area is 154 Å². The summed E-state index contributed by atoms with van der Waals surface area (Å²) >= 11 is 0. The van der Waals surface area contributed by atoms with Crippen molar-refractivity contribution < 1.29 is 14.3 Å². The maximum atomic E-state index is 12.3. The summed E-state index contributed by atoms with van der Waals surface area (Å²) in [7, 11) is 0. The first-order valence-electron chi connectivity index (χ1n) is 8.96. The topological polar surface area (TPSA) is 67.4 Å². The Hall–Kier alpha value is -2.82. The Morgan fingerprint density at radius 2 is 1.50 bits per heavy atom. The summed E-state index contributed by atoms with van der Waals surface area (Å²) in [5.74, 6) is 0.419. The summed E-state index contributed by atoms with van der Waals surface area (Å²) in [5, 5.41) is 5.69. The molecule has 0 unspecified atom stereocenters. The molecule has 0 aromatic heterocycles. The van der Waals surface area contributed by atoms with E-state index in [0.29, 0.717) is 23.4 Å². The van der Waals surface area contributed by atoms with Crippen molar-refractivity contribution in [2.75, 3.05) is 11.9 Å². The van der Waals surface area contributed by atoms with Crippen molar-refractivity contribution in [3.8, 4) is 5.75 Å². The number of unbranched alkanes of at least 4 members (excludes halogenated alkanes) is 1. The molecule has 0 spiro atoms. The molecule has 0 bridgehead atoms. The van der Waals surface area contributed by atoms with Crippen LogP contribution in [0.4, 0.5) is 5.69 Å². The zero-order chi connectivity index (χ0) is 18.9. The normalized spacial score (nSPS) is 10.5. The average molecular weight is 354 g/mol. The predicted octanol–water partition coefficient (Wildman–Crippen LogP) is 4.26. The van der Waals surface area contributed by atoms with Crippen molar-refractivity contribution in [1.29, 1.82) is 0 Å². The summed E-state index contributed by atoms with van der Waals surface area (Å²) in [4.78, 5) is 24.3. The van der Waals surface area contributed by atoms with Crippen LogP contribution in [0.15, 0.2) is 48.5 Å². The number of rotatable bonds is 8. The number of hydrogen-bond donors (Lipinski definition) is 2. The maximum absolute atomic E-state index is 12.3. The van der Waals surface area contributed by atoms with Crippen LogP contribution in [0.3, 0.4) is 0 Å². The van der Waals surface area contributed by atoms with E-state index in [4.69, 9.17) is 4.74 Å². The zero-order valence-electron chi connectivity index (χ0n) is 15.5. The van der Waals surface area contributed by atoms with Gasteiger partial charge in [-0.25, -0.2) is 0 Å². The molecule has 0 radical (unpaired) electrons. The van der Waals surface area contributed by atoms with Crippen LogP contribution in [0.2, 0.25) is 0 Å². The van der Waals surface area contributed by atoms with Crippen LogP contribution in [0.25, 0.3) is 0 Å². The summed E-state index contributed by atoms with van der Waals surface area (Å²) in [6, 6.07) is 13.9. The van der Waals surface area contributed by atoms with Gasteiger partial charge in [-0.15, -0.1) is 0 Å². The van der Waals surface area contributed by atoms with Crippen LogP contribution in [0.1, 0.15) is 54.3 Å². The van der Waals surface area contributed by atoms with E-state index >= 15 is 0 Å². The molecule has 5 nitrogen and oxygen atoms in total. The highest BCUT2D eigenvalue weighted by Crippen LogP contribution is 2.17. The molecule has 2 aromatic rings. The Morgan fingerprint density at radius 3 is 2.04 bits per heavy atom. The minimum absolute atomic E-state index is 0.105. The summed E-state index contributed by atoms with van der Waals surface area (Å²) in [6.45, 7) is 6.66. The Morgan fingerprint density at radius 1 is 0.923 bits per heavy atom. The average Bonchev–Trinajstić information content (AvgIpc) is 2.63. The van der Waals surface area contributed by atoms with Gasteiger partial charge in [0.2, 0.25) is 0 Å². The number of ether oxygens (including phenoxy) is 1. The summed E-state index contributed by atoms with van der Waals surface area (Å²) in [5.41, 5.74) is 1.73. The minimum atomic E-state index is -0.222. The molecule has 0 fully saturated rings. The predicted molar refractivity (Wildman–Crippen MR) is 104 cm³/mol. The highest BCUT2D eigenvalue weighted by Gasteiger charge is 2.09. The Bertz CT molecular complexity index is 722. The molecule has 0 saturated carbocycles. The second kappa shape index (κ2) is 9.61. The summed E-state index contributed by atoms with van der Waals surface area (Å²) in [6.07, 6.45) is 2.09. The van der Waals surface area contributed by atoms with Crippen molar-refractivity contribution in [2.24, 2.45) is 0 Å². The van der Waals surface area contributed by atoms with Gasteiger partial charge in [0.15, 0.2) is 0 Å². The monoisotopic (exact) mass is 354 g/mol. The summed E-state index contributed by atoms with van der Waals surface area (Å²) < 4.78 is 5.58. The zero-order valence-corrected chi connectivity index (χ0v) is 15.5. The first-order chi connectivity index (χ1) is 12.5. The number of benzene rings is 2. The van der Waals surface area contributed by atoms with Gasteiger partial charge in [-0.3, -0.25) is 9.59 Å². The van der Waals surface area contributed by atoms with E-state index in [2.05, 4.69) is 17.6 Å². The number of carbonyl (C=O) groups is 2. The molecule has 5 heteroatoms. The molecule has 0 aliphatic heterocycles. The molecule has 2 amide bonds. The third-order valence-corrected chi connectivity index (χ3v) is 3.71. The fourth-order valence-electron chi connectivity index (χ4n) is 2.35. The first kappa shape index (κ1) is 19.5. The number of anilines is 1. The second-order valence-electron chi connectivity index (χ2n) is 6.33. The van der Waals surface area contributed by atoms with Gasteiger partial charge in [0.1, 0.15) is 5.75 Å². The van der Waals surface area contributed by atoms with E-state index in [1.54, 1.807) is 36.4 Å². The largest absolute Gasteiger partial charge is 0.491 e. The van der Waals surface area contributed by atoms with E-state index < -0.39 is 0 Å². The fraction of sp³-hybridized carbons (Fsp3) is 0.333. The van der Waals surface area contributed by atoms with Gasteiger partial charge in [0.05, 0.1) is 6.10 Å². The molecule has 2 rings (SSSR count). The van der Waals surface area contributed by atoms with Crippen molar-refractivity contribution >= 4 is 17.5 Å². The van der Waals surface area contributed by atoms with Crippen LogP contribution in [0.5, 0.6) is 5.75 Å². The van der Waals surface area contributed by atoms with Crippen LogP contribution >= 0.6 is 0 Å². The maximum Gasteiger partial charge on any atom is 0.255 e. The molecule has 0 heterocycles. The molecule has 0 aliphatic carbocycles. The van der Waals surface area contributed by atoms with Gasteiger partial charge in [-0.2, -0.15) is 0 Å². The highest BCUT2D eigenvalue weighted by molar-refractivity contribution is 6.05. The SMILES string of the molecule is CCCCNC(=O)c1ccc(C(=O)Nc2ccc(OC(C)C)cc2)cc1. The molecular weight excluding hydrogens is 328 g/mol. The van der Waals surface area contributed by atoms with Crippen molar-refractivity contribution in [3.63, 3.8) is 0 Å². The minimum Gasteiger partial charge on any atom is -0.491 e. The van der Waals surface area contributed by atoms with E-state index in [0.717, 1.165) is 18.6 Å². The van der Waals surface area contributed by atoms with Gasteiger partial charge in [-0.1, -0.05) is 13.3 Å². The second-order valence-corrected chi connectivity index (χ2v) is 6.33. The molecule has 138 valence electrons. The molecule has 2 aromatic carbocycles. The van der Waals surface area contributed by atoms with Crippen molar-refractivity contribution in [2.45, 2.75) is 39.7 Å². The number of amides is 2. The van der Waals surface area contributed by atoms with E-state index in [1.807, 2.05) is 26.0 Å². The molecule has 0 atom stereocenters. The van der Waals surface area contributed by atoms with Crippen LogP contribution in [-0.2, 0) is 0 Å².